The fraction of sp³-hybridized carbons (Fsp3) is 0.0345. The van der Waals surface area contributed by atoms with Gasteiger partial charge in [-0.3, -0.25) is 0 Å². The van der Waals surface area contributed by atoms with Gasteiger partial charge in [-0.05, 0) is 51.1 Å². The molecule has 0 heterocycles. The second-order valence-corrected chi connectivity index (χ2v) is 8.25. The van der Waals surface area contributed by atoms with E-state index in [1.54, 1.807) is 12.1 Å². The van der Waals surface area contributed by atoms with E-state index in [0.29, 0.717) is 5.56 Å². The van der Waals surface area contributed by atoms with Crippen molar-refractivity contribution in [3.63, 3.8) is 0 Å². The number of hydrogen-bond donors (Lipinski definition) is 5. The maximum absolute atomic E-state index is 10.2. The van der Waals surface area contributed by atoms with Crippen LogP contribution < -0.4 is 0 Å². The van der Waals surface area contributed by atoms with Crippen molar-refractivity contribution in [2.45, 2.75) is 6.92 Å². The van der Waals surface area contributed by atoms with Gasteiger partial charge in [0, 0.05) is 0 Å². The molecular formula is C29H22O5. The van der Waals surface area contributed by atoms with E-state index in [4.69, 9.17) is 0 Å². The molecule has 34 heavy (non-hydrogen) atoms. The van der Waals surface area contributed by atoms with Crippen molar-refractivity contribution in [3.05, 3.63) is 90.5 Å². The van der Waals surface area contributed by atoms with E-state index in [1.165, 1.54) is 21.9 Å². The van der Waals surface area contributed by atoms with Gasteiger partial charge in [-0.25, -0.2) is 0 Å². The van der Waals surface area contributed by atoms with Gasteiger partial charge < -0.3 is 25.5 Å². The Balaban J connectivity index is 1.49. The Bertz CT molecular complexity index is 1510. The fourth-order valence-electron chi connectivity index (χ4n) is 4.33. The average Bonchev–Trinajstić information content (AvgIpc) is 2.87. The number of aromatic hydroxyl groups is 5. The third kappa shape index (κ3) is 3.35. The Morgan fingerprint density at radius 3 is 1.41 bits per heavy atom. The highest BCUT2D eigenvalue weighted by molar-refractivity contribution is 5.98. The average molecular weight is 450 g/mol. The molecule has 0 atom stereocenters. The summed E-state index contributed by atoms with van der Waals surface area (Å²) in [6.45, 7) is 2.11. The summed E-state index contributed by atoms with van der Waals surface area (Å²) in [4.78, 5) is 0. The molecular weight excluding hydrogens is 428 g/mol. The minimum atomic E-state index is -0.975. The van der Waals surface area contributed by atoms with E-state index < -0.39 is 28.7 Å². The topological polar surface area (TPSA) is 101 Å². The van der Waals surface area contributed by atoms with Gasteiger partial charge in [0.15, 0.2) is 11.5 Å². The molecule has 0 spiro atoms. The molecule has 5 nitrogen and oxygen atoms in total. The molecule has 0 bridgehead atoms. The second-order valence-electron chi connectivity index (χ2n) is 8.25. The minimum absolute atomic E-state index is 0.166. The second kappa shape index (κ2) is 8.05. The van der Waals surface area contributed by atoms with Crippen molar-refractivity contribution in [2.75, 3.05) is 0 Å². The number of aryl methyl sites for hydroxylation is 1. The number of fused-ring (bicyclic) bond motifs is 1. The number of phenols is 5. The highest BCUT2D eigenvalue weighted by atomic mass is 16.4. The molecule has 0 amide bonds. The molecule has 0 aliphatic rings. The lowest BCUT2D eigenvalue weighted by atomic mass is 9.94. The summed E-state index contributed by atoms with van der Waals surface area (Å²) in [5, 5.41) is 52.0. The van der Waals surface area contributed by atoms with Crippen molar-refractivity contribution < 1.29 is 25.5 Å². The summed E-state index contributed by atoms with van der Waals surface area (Å²) < 4.78 is 0. The predicted octanol–water partition coefficient (Wildman–Crippen LogP) is 6.68. The van der Waals surface area contributed by atoms with E-state index in [-0.39, 0.29) is 5.56 Å². The maximum Gasteiger partial charge on any atom is 0.208 e. The van der Waals surface area contributed by atoms with E-state index in [0.717, 1.165) is 16.7 Å². The van der Waals surface area contributed by atoms with Crippen molar-refractivity contribution in [1.29, 1.82) is 0 Å². The molecule has 0 radical (unpaired) electrons. The number of hydrogen-bond acceptors (Lipinski definition) is 5. The van der Waals surface area contributed by atoms with Crippen LogP contribution in [0.2, 0.25) is 0 Å². The van der Waals surface area contributed by atoms with Crippen molar-refractivity contribution in [2.24, 2.45) is 0 Å². The van der Waals surface area contributed by atoms with Gasteiger partial charge in [0.1, 0.15) is 0 Å². The molecule has 0 aliphatic carbocycles. The van der Waals surface area contributed by atoms with Crippen molar-refractivity contribution >= 4 is 10.8 Å². The highest BCUT2D eigenvalue weighted by Gasteiger charge is 2.24. The van der Waals surface area contributed by atoms with Crippen LogP contribution in [0.5, 0.6) is 28.7 Å². The summed E-state index contributed by atoms with van der Waals surface area (Å²) in [6, 6.07) is 27.8. The third-order valence-electron chi connectivity index (χ3n) is 6.22. The Morgan fingerprint density at radius 1 is 0.412 bits per heavy atom. The summed E-state index contributed by atoms with van der Waals surface area (Å²) >= 11 is 0. The van der Waals surface area contributed by atoms with Crippen LogP contribution in [0.3, 0.4) is 0 Å². The predicted molar refractivity (Wildman–Crippen MR) is 133 cm³/mol. The Hall–Kier alpha value is -4.64. The SMILES string of the molecule is Cc1ccc(-c2ccc(-c3ccc(-c4c(O)c(O)c(O)c(O)c4O)cc3)cc2)c2ccccc12. The molecule has 5 N–H and O–H groups in total. The first-order valence-corrected chi connectivity index (χ1v) is 10.7. The first kappa shape index (κ1) is 21.2. The van der Waals surface area contributed by atoms with Crippen LogP contribution in [0.15, 0.2) is 84.9 Å². The molecule has 168 valence electrons. The van der Waals surface area contributed by atoms with E-state index in [9.17, 15) is 25.5 Å². The fourth-order valence-corrected chi connectivity index (χ4v) is 4.33. The van der Waals surface area contributed by atoms with Gasteiger partial charge in [-0.2, -0.15) is 0 Å². The van der Waals surface area contributed by atoms with E-state index in [1.807, 2.05) is 36.4 Å². The lowest BCUT2D eigenvalue weighted by Crippen LogP contribution is -1.86. The smallest absolute Gasteiger partial charge is 0.208 e. The largest absolute Gasteiger partial charge is 0.504 e. The van der Waals surface area contributed by atoms with Crippen LogP contribution in [0, 0.1) is 6.92 Å². The van der Waals surface area contributed by atoms with Gasteiger partial charge in [0.05, 0.1) is 5.56 Å². The first-order chi connectivity index (χ1) is 16.4. The molecule has 0 saturated heterocycles. The van der Waals surface area contributed by atoms with Gasteiger partial charge in [-0.1, -0.05) is 84.9 Å². The molecule has 5 aromatic carbocycles. The van der Waals surface area contributed by atoms with Crippen LogP contribution in [0.25, 0.3) is 44.2 Å². The molecule has 5 rings (SSSR count). The quantitative estimate of drug-likeness (QED) is 0.156. The monoisotopic (exact) mass is 450 g/mol. The zero-order chi connectivity index (χ0) is 24.0. The normalized spacial score (nSPS) is 11.1. The van der Waals surface area contributed by atoms with Crippen molar-refractivity contribution in [1.82, 2.24) is 0 Å². The van der Waals surface area contributed by atoms with Gasteiger partial charge in [0.25, 0.3) is 0 Å². The molecule has 0 unspecified atom stereocenters. The van der Waals surface area contributed by atoms with Gasteiger partial charge >= 0.3 is 0 Å². The van der Waals surface area contributed by atoms with Crippen LogP contribution in [0.4, 0.5) is 0 Å². The first-order valence-electron chi connectivity index (χ1n) is 10.7. The lowest BCUT2D eigenvalue weighted by molar-refractivity contribution is 0.330. The minimum Gasteiger partial charge on any atom is -0.504 e. The zero-order valence-corrected chi connectivity index (χ0v) is 18.3. The van der Waals surface area contributed by atoms with Gasteiger partial charge in [0.2, 0.25) is 17.2 Å². The van der Waals surface area contributed by atoms with E-state index in [2.05, 4.69) is 43.3 Å². The molecule has 5 heteroatoms. The highest BCUT2D eigenvalue weighted by Crippen LogP contribution is 2.54. The molecule has 0 aromatic heterocycles. The van der Waals surface area contributed by atoms with Gasteiger partial charge in [-0.15, -0.1) is 0 Å². The van der Waals surface area contributed by atoms with Crippen LogP contribution >= 0.6 is 0 Å². The summed E-state index contributed by atoms with van der Waals surface area (Å²) in [6.07, 6.45) is 0. The lowest BCUT2D eigenvalue weighted by Gasteiger charge is -2.13. The molecule has 0 saturated carbocycles. The number of rotatable bonds is 3. The Kier molecular flexibility index (Phi) is 5.02. The Labute approximate surface area is 196 Å². The summed E-state index contributed by atoms with van der Waals surface area (Å²) in [5.41, 5.74) is 5.62. The standard InChI is InChI=1S/C29H22O5/c1-16-6-15-22(23-5-3-2-4-21(16)23)19-11-7-17(8-12-19)18-9-13-20(14-10-18)24-25(30)27(32)29(34)28(33)26(24)31/h2-15,30-34H,1H3. The number of benzene rings is 5. The van der Waals surface area contributed by atoms with Crippen LogP contribution in [-0.2, 0) is 0 Å². The molecule has 5 aromatic rings. The summed E-state index contributed by atoms with van der Waals surface area (Å²) in [7, 11) is 0. The summed E-state index contributed by atoms with van der Waals surface area (Å²) in [5.74, 6) is -4.19. The number of phenolic OH excluding ortho intramolecular Hbond substituents is 5. The molecule has 0 aliphatic heterocycles. The third-order valence-corrected chi connectivity index (χ3v) is 6.22. The van der Waals surface area contributed by atoms with Crippen molar-refractivity contribution in [3.8, 4) is 62.1 Å². The molecule has 0 fully saturated rings. The van der Waals surface area contributed by atoms with E-state index >= 15 is 0 Å². The van der Waals surface area contributed by atoms with Crippen LogP contribution in [0.1, 0.15) is 5.56 Å². The zero-order valence-electron chi connectivity index (χ0n) is 18.3. The maximum atomic E-state index is 10.2. The Morgan fingerprint density at radius 2 is 0.853 bits per heavy atom. The van der Waals surface area contributed by atoms with Crippen LogP contribution in [-0.4, -0.2) is 25.5 Å².